The second-order valence-electron chi connectivity index (χ2n) is 1.48. The average Bonchev–Trinajstić information content (AvgIpc) is 1.83. The van der Waals surface area contributed by atoms with Crippen LogP contribution in [0.15, 0.2) is 12.7 Å². The topological polar surface area (TPSA) is 29.5 Å². The summed E-state index contributed by atoms with van der Waals surface area (Å²) in [6, 6.07) is 0. The molecule has 0 bridgehead atoms. The molecule has 2 nitrogen and oxygen atoms in total. The minimum atomic E-state index is -0.618. The molecule has 0 aromatic carbocycles. The number of aliphatic hydroxyl groups is 1. The molecule has 9 heavy (non-hydrogen) atoms. The fourth-order valence-electron chi connectivity index (χ4n) is 0.297. The fourth-order valence-corrected chi connectivity index (χ4v) is 0.297. The van der Waals surface area contributed by atoms with Crippen LogP contribution in [0.4, 0.5) is 0 Å². The van der Waals surface area contributed by atoms with Gasteiger partial charge in [-0.25, -0.2) is 0 Å². The SMILES string of the molecule is C=CCOC(O)CC.[H-].[Na+]. The molecule has 0 spiro atoms. The van der Waals surface area contributed by atoms with Crippen molar-refractivity contribution in [2.45, 2.75) is 19.6 Å². The van der Waals surface area contributed by atoms with Gasteiger partial charge in [-0.05, 0) is 6.42 Å². The first-order valence-corrected chi connectivity index (χ1v) is 2.71. The van der Waals surface area contributed by atoms with Gasteiger partial charge in [0.2, 0.25) is 0 Å². The fraction of sp³-hybridized carbons (Fsp3) is 0.667. The van der Waals surface area contributed by atoms with E-state index < -0.39 is 6.29 Å². The van der Waals surface area contributed by atoms with E-state index in [0.717, 1.165) is 0 Å². The van der Waals surface area contributed by atoms with E-state index in [1.807, 2.05) is 6.92 Å². The van der Waals surface area contributed by atoms with Gasteiger partial charge in [0.05, 0.1) is 6.61 Å². The van der Waals surface area contributed by atoms with Gasteiger partial charge in [0.1, 0.15) is 0 Å². The number of ether oxygens (including phenoxy) is 1. The Morgan fingerprint density at radius 3 is 2.78 bits per heavy atom. The molecule has 0 radical (unpaired) electrons. The molecule has 0 aromatic heterocycles. The van der Waals surface area contributed by atoms with Crippen LogP contribution in [-0.2, 0) is 4.74 Å². The molecule has 0 heterocycles. The second kappa shape index (κ2) is 8.66. The van der Waals surface area contributed by atoms with E-state index in [1.54, 1.807) is 6.08 Å². The van der Waals surface area contributed by atoms with Gasteiger partial charge in [0.15, 0.2) is 6.29 Å². The molecule has 0 aliphatic heterocycles. The summed E-state index contributed by atoms with van der Waals surface area (Å²) < 4.78 is 4.78. The molecule has 0 aliphatic rings. The smallest absolute Gasteiger partial charge is 1.00 e. The van der Waals surface area contributed by atoms with E-state index in [9.17, 15) is 0 Å². The summed E-state index contributed by atoms with van der Waals surface area (Å²) in [5, 5.41) is 8.72. The number of aliphatic hydroxyl groups excluding tert-OH is 1. The molecule has 0 rings (SSSR count). The van der Waals surface area contributed by atoms with Crippen molar-refractivity contribution >= 4 is 0 Å². The maximum absolute atomic E-state index is 8.72. The summed E-state index contributed by atoms with van der Waals surface area (Å²) in [5.41, 5.74) is 0. The molecule has 3 heteroatoms. The number of hydrogen-bond donors (Lipinski definition) is 1. The summed E-state index contributed by atoms with van der Waals surface area (Å²) in [4.78, 5) is 0. The zero-order chi connectivity index (χ0) is 6.41. The Morgan fingerprint density at radius 2 is 2.44 bits per heavy atom. The summed E-state index contributed by atoms with van der Waals surface area (Å²) in [5.74, 6) is 0. The van der Waals surface area contributed by atoms with Crippen LogP contribution >= 0.6 is 0 Å². The zero-order valence-corrected chi connectivity index (χ0v) is 8.13. The van der Waals surface area contributed by atoms with Gasteiger partial charge in [0, 0.05) is 0 Å². The van der Waals surface area contributed by atoms with E-state index in [-0.39, 0.29) is 31.0 Å². The third-order valence-electron chi connectivity index (χ3n) is 0.756. The van der Waals surface area contributed by atoms with Crippen molar-refractivity contribution in [2.75, 3.05) is 6.61 Å². The van der Waals surface area contributed by atoms with Crippen molar-refractivity contribution in [1.29, 1.82) is 0 Å². The predicted molar refractivity (Wildman–Crippen MR) is 33.6 cm³/mol. The van der Waals surface area contributed by atoms with Gasteiger partial charge in [-0.2, -0.15) is 0 Å². The second-order valence-corrected chi connectivity index (χ2v) is 1.48. The Balaban J connectivity index is -0.000000245. The van der Waals surface area contributed by atoms with Crippen molar-refractivity contribution in [3.63, 3.8) is 0 Å². The molecule has 0 saturated carbocycles. The summed E-state index contributed by atoms with van der Waals surface area (Å²) in [6.07, 6.45) is 1.63. The molecule has 1 N–H and O–H groups in total. The van der Waals surface area contributed by atoms with E-state index in [1.165, 1.54) is 0 Å². The molecule has 1 unspecified atom stereocenters. The van der Waals surface area contributed by atoms with Crippen LogP contribution < -0.4 is 29.6 Å². The third-order valence-corrected chi connectivity index (χ3v) is 0.756. The molecular formula is C6H13NaO2. The standard InChI is InChI=1S/C6H12O2.Na.H/c1-3-5-8-6(7)4-2;;/h3,6-7H,1,4-5H2,2H3;;/q;+1;-1. The summed E-state index contributed by atoms with van der Waals surface area (Å²) in [7, 11) is 0. The van der Waals surface area contributed by atoms with E-state index in [4.69, 9.17) is 9.84 Å². The van der Waals surface area contributed by atoms with Gasteiger partial charge in [0.25, 0.3) is 0 Å². The minimum Gasteiger partial charge on any atom is -1.00 e. The van der Waals surface area contributed by atoms with Gasteiger partial charge in [-0.3, -0.25) is 0 Å². The van der Waals surface area contributed by atoms with Crippen molar-refractivity contribution < 1.29 is 40.8 Å². The molecule has 0 amide bonds. The predicted octanol–water partition coefficient (Wildman–Crippen LogP) is -1.97. The maximum atomic E-state index is 8.72. The van der Waals surface area contributed by atoms with Crippen LogP contribution in [0.2, 0.25) is 0 Å². The Labute approximate surface area is 79.7 Å². The monoisotopic (exact) mass is 140 g/mol. The van der Waals surface area contributed by atoms with Crippen molar-refractivity contribution in [1.82, 2.24) is 0 Å². The van der Waals surface area contributed by atoms with E-state index in [2.05, 4.69) is 6.58 Å². The quantitative estimate of drug-likeness (QED) is 0.279. The first-order valence-electron chi connectivity index (χ1n) is 2.71. The molecule has 0 aliphatic carbocycles. The number of hydrogen-bond acceptors (Lipinski definition) is 2. The largest absolute Gasteiger partial charge is 1.00 e. The minimum absolute atomic E-state index is 0. The van der Waals surface area contributed by atoms with Crippen LogP contribution in [0.25, 0.3) is 0 Å². The molecule has 0 saturated heterocycles. The molecule has 1 atom stereocenters. The van der Waals surface area contributed by atoms with Crippen LogP contribution in [0, 0.1) is 0 Å². The maximum Gasteiger partial charge on any atom is 1.00 e. The van der Waals surface area contributed by atoms with Gasteiger partial charge in [-0.1, -0.05) is 13.0 Å². The van der Waals surface area contributed by atoms with Crippen LogP contribution in [-0.4, -0.2) is 18.0 Å². The van der Waals surface area contributed by atoms with Crippen molar-refractivity contribution in [3.8, 4) is 0 Å². The van der Waals surface area contributed by atoms with Gasteiger partial charge < -0.3 is 11.3 Å². The van der Waals surface area contributed by atoms with Crippen molar-refractivity contribution in [3.05, 3.63) is 12.7 Å². The van der Waals surface area contributed by atoms with E-state index in [0.29, 0.717) is 13.0 Å². The first kappa shape index (κ1) is 12.3. The molecular weight excluding hydrogens is 127 g/mol. The summed E-state index contributed by atoms with van der Waals surface area (Å²) >= 11 is 0. The van der Waals surface area contributed by atoms with Crippen LogP contribution in [0.1, 0.15) is 14.8 Å². The van der Waals surface area contributed by atoms with Crippen molar-refractivity contribution in [2.24, 2.45) is 0 Å². The Hall–Kier alpha value is 0.660. The molecule has 0 fully saturated rings. The van der Waals surface area contributed by atoms with Gasteiger partial charge in [-0.15, -0.1) is 6.58 Å². The summed E-state index contributed by atoms with van der Waals surface area (Å²) in [6.45, 7) is 5.71. The average molecular weight is 140 g/mol. The number of rotatable bonds is 4. The van der Waals surface area contributed by atoms with Gasteiger partial charge >= 0.3 is 29.6 Å². The zero-order valence-electron chi connectivity index (χ0n) is 7.13. The van der Waals surface area contributed by atoms with Crippen LogP contribution in [0.5, 0.6) is 0 Å². The Morgan fingerprint density at radius 1 is 1.89 bits per heavy atom. The molecule has 0 aromatic rings. The molecule has 50 valence electrons. The normalized spacial score (nSPS) is 11.8. The Bertz CT molecular complexity index is 70.8. The van der Waals surface area contributed by atoms with Crippen LogP contribution in [0.3, 0.4) is 0 Å². The first-order chi connectivity index (χ1) is 3.81. The Kier molecular flexibility index (Phi) is 11.9. The third kappa shape index (κ3) is 8.66. The van der Waals surface area contributed by atoms with E-state index >= 15 is 0 Å².